The Kier molecular flexibility index (Phi) is 10.3. The van der Waals surface area contributed by atoms with Gasteiger partial charge >= 0.3 is 8.25 Å². The molecular formula is C26H29NO5P+. The van der Waals surface area contributed by atoms with Gasteiger partial charge in [-0.05, 0) is 59.4 Å². The van der Waals surface area contributed by atoms with Crippen LogP contribution in [-0.2, 0) is 27.1 Å². The molecule has 3 rings (SSSR count). The minimum atomic E-state index is -2.73. The standard InChI is InChI=1S/C26H28NO5P/c1-30-24-12-8-10-21(19-24)9-4-2-3-5-11-22-15-16-23(26-14-7-6-13-25(22)26)20-27-17-18-31-32-33(28)29/h6-8,10,12-16,19,27H,2-4,9,17-18,20H2,1H3/p+1. The molecule has 3 aromatic rings. The third-order valence-corrected chi connectivity index (χ3v) is 5.42. The van der Waals surface area contributed by atoms with E-state index in [1.807, 2.05) is 24.3 Å². The molecule has 0 aromatic heterocycles. The molecule has 0 saturated heterocycles. The van der Waals surface area contributed by atoms with Gasteiger partial charge in [-0.25, -0.2) is 0 Å². The van der Waals surface area contributed by atoms with Gasteiger partial charge in [0, 0.05) is 29.6 Å². The molecule has 33 heavy (non-hydrogen) atoms. The average Bonchev–Trinajstić information content (AvgIpc) is 2.84. The molecular weight excluding hydrogens is 437 g/mol. The van der Waals surface area contributed by atoms with Crippen molar-refractivity contribution < 1.29 is 23.8 Å². The van der Waals surface area contributed by atoms with Crippen LogP contribution in [0.5, 0.6) is 5.75 Å². The number of nitrogens with one attached hydrogen (secondary N) is 1. The molecule has 172 valence electrons. The fourth-order valence-corrected chi connectivity index (χ4v) is 3.74. The van der Waals surface area contributed by atoms with Crippen molar-refractivity contribution in [3.05, 3.63) is 77.4 Å². The molecule has 3 aromatic carbocycles. The summed E-state index contributed by atoms with van der Waals surface area (Å²) in [6.45, 7) is 1.32. The van der Waals surface area contributed by atoms with Crippen molar-refractivity contribution in [1.29, 1.82) is 0 Å². The van der Waals surface area contributed by atoms with Gasteiger partial charge in [-0.2, -0.15) is 4.89 Å². The van der Waals surface area contributed by atoms with Crippen molar-refractivity contribution in [2.45, 2.75) is 32.2 Å². The van der Waals surface area contributed by atoms with Crippen LogP contribution in [0.4, 0.5) is 0 Å². The van der Waals surface area contributed by atoms with E-state index < -0.39 is 8.25 Å². The molecule has 0 radical (unpaired) electrons. The number of hydrogen-bond acceptors (Lipinski definition) is 5. The van der Waals surface area contributed by atoms with E-state index in [1.165, 1.54) is 5.56 Å². The van der Waals surface area contributed by atoms with Crippen LogP contribution in [0.1, 0.15) is 36.0 Å². The van der Waals surface area contributed by atoms with E-state index in [-0.39, 0.29) is 6.61 Å². The maximum Gasteiger partial charge on any atom is 0.725 e. The van der Waals surface area contributed by atoms with Gasteiger partial charge in [0.1, 0.15) is 5.75 Å². The van der Waals surface area contributed by atoms with Crippen molar-refractivity contribution in [3.8, 4) is 17.6 Å². The normalized spacial score (nSPS) is 11.2. The first-order valence-corrected chi connectivity index (χ1v) is 12.1. The van der Waals surface area contributed by atoms with Crippen LogP contribution in [0.25, 0.3) is 10.8 Å². The van der Waals surface area contributed by atoms with Gasteiger partial charge in [0.25, 0.3) is 0 Å². The van der Waals surface area contributed by atoms with Crippen LogP contribution in [0.2, 0.25) is 0 Å². The Morgan fingerprint density at radius 3 is 2.70 bits per heavy atom. The highest BCUT2D eigenvalue weighted by Gasteiger charge is 2.12. The molecule has 0 amide bonds. The number of hydrogen-bond donors (Lipinski definition) is 2. The SMILES string of the molecule is COc1cccc(CCCCC#Cc2ccc(CNCCOO[P+](=O)O)c3ccccc23)c1. The van der Waals surface area contributed by atoms with Gasteiger partial charge < -0.3 is 10.1 Å². The molecule has 0 spiro atoms. The Morgan fingerprint density at radius 2 is 1.88 bits per heavy atom. The van der Waals surface area contributed by atoms with Gasteiger partial charge in [0.2, 0.25) is 0 Å². The summed E-state index contributed by atoms with van der Waals surface area (Å²) >= 11 is 0. The monoisotopic (exact) mass is 466 g/mol. The Bertz CT molecular complexity index is 1120. The number of benzene rings is 3. The summed E-state index contributed by atoms with van der Waals surface area (Å²) in [6, 6.07) is 20.6. The van der Waals surface area contributed by atoms with Crippen molar-refractivity contribution in [3.63, 3.8) is 0 Å². The van der Waals surface area contributed by atoms with Gasteiger partial charge in [-0.15, -0.1) is 4.89 Å². The van der Waals surface area contributed by atoms with Crippen LogP contribution in [0, 0.1) is 11.8 Å². The van der Waals surface area contributed by atoms with Crippen LogP contribution in [0.15, 0.2) is 60.7 Å². The van der Waals surface area contributed by atoms with Crippen LogP contribution in [0.3, 0.4) is 0 Å². The van der Waals surface area contributed by atoms with Crippen LogP contribution < -0.4 is 10.1 Å². The Balaban J connectivity index is 1.51. The fraction of sp³-hybridized carbons (Fsp3) is 0.308. The summed E-state index contributed by atoms with van der Waals surface area (Å²) < 4.78 is 19.9. The zero-order valence-electron chi connectivity index (χ0n) is 18.8. The minimum absolute atomic E-state index is 0.181. The van der Waals surface area contributed by atoms with E-state index in [1.54, 1.807) is 7.11 Å². The number of methoxy groups -OCH3 is 1. The quantitative estimate of drug-likeness (QED) is 0.124. The molecule has 0 aliphatic carbocycles. The van der Waals surface area contributed by atoms with Crippen molar-refractivity contribution in [2.75, 3.05) is 20.3 Å². The summed E-state index contributed by atoms with van der Waals surface area (Å²) in [5.41, 5.74) is 3.48. The van der Waals surface area contributed by atoms with Crippen LogP contribution >= 0.6 is 8.25 Å². The first-order valence-electron chi connectivity index (χ1n) is 11.0. The molecule has 0 aliphatic rings. The lowest BCUT2D eigenvalue weighted by molar-refractivity contribution is -0.205. The zero-order valence-corrected chi connectivity index (χ0v) is 19.6. The van der Waals surface area contributed by atoms with E-state index in [9.17, 15) is 4.57 Å². The highest BCUT2D eigenvalue weighted by atomic mass is 31.1. The second-order valence-corrected chi connectivity index (χ2v) is 8.11. The molecule has 0 aliphatic heterocycles. The summed E-state index contributed by atoms with van der Waals surface area (Å²) in [5, 5.41) is 5.54. The third kappa shape index (κ3) is 8.25. The molecule has 1 atom stereocenters. The average molecular weight is 466 g/mol. The van der Waals surface area contributed by atoms with E-state index in [0.29, 0.717) is 13.1 Å². The third-order valence-electron chi connectivity index (χ3n) is 5.18. The van der Waals surface area contributed by atoms with E-state index in [2.05, 4.69) is 63.1 Å². The van der Waals surface area contributed by atoms with Crippen molar-refractivity contribution in [1.82, 2.24) is 5.32 Å². The lowest BCUT2D eigenvalue weighted by atomic mass is 9.99. The van der Waals surface area contributed by atoms with Crippen molar-refractivity contribution >= 4 is 19.0 Å². The van der Waals surface area contributed by atoms with Crippen molar-refractivity contribution in [2.24, 2.45) is 0 Å². The van der Waals surface area contributed by atoms with E-state index in [0.717, 1.165) is 53.3 Å². The Morgan fingerprint density at radius 1 is 1.03 bits per heavy atom. The van der Waals surface area contributed by atoms with E-state index >= 15 is 0 Å². The molecule has 2 N–H and O–H groups in total. The lowest BCUT2D eigenvalue weighted by Crippen LogP contribution is -2.19. The summed E-state index contributed by atoms with van der Waals surface area (Å²) in [6.07, 6.45) is 4.04. The molecule has 0 bridgehead atoms. The number of fused-ring (bicyclic) bond motifs is 1. The fourth-order valence-electron chi connectivity index (χ4n) is 3.57. The molecule has 7 heteroatoms. The highest BCUT2D eigenvalue weighted by molar-refractivity contribution is 7.31. The predicted octanol–water partition coefficient (Wildman–Crippen LogP) is 5.30. The highest BCUT2D eigenvalue weighted by Crippen LogP contribution is 2.22. The van der Waals surface area contributed by atoms with Gasteiger partial charge in [-0.1, -0.05) is 54.3 Å². The first-order chi connectivity index (χ1) is 16.2. The lowest BCUT2D eigenvalue weighted by Gasteiger charge is -2.09. The Hall–Kier alpha value is -2.78. The molecule has 0 fully saturated rings. The molecule has 6 nitrogen and oxygen atoms in total. The number of ether oxygens (including phenoxy) is 1. The topological polar surface area (TPSA) is 77.0 Å². The van der Waals surface area contributed by atoms with Gasteiger partial charge in [0.15, 0.2) is 0 Å². The predicted molar refractivity (Wildman–Crippen MR) is 130 cm³/mol. The summed E-state index contributed by atoms with van der Waals surface area (Å²) in [4.78, 5) is 13.2. The summed E-state index contributed by atoms with van der Waals surface area (Å²) in [7, 11) is -1.04. The first kappa shape index (κ1) is 24.9. The summed E-state index contributed by atoms with van der Waals surface area (Å²) in [5.74, 6) is 7.58. The molecule has 0 saturated carbocycles. The van der Waals surface area contributed by atoms with Gasteiger partial charge in [0.05, 0.1) is 18.4 Å². The van der Waals surface area contributed by atoms with E-state index in [4.69, 9.17) is 9.63 Å². The Labute approximate surface area is 195 Å². The molecule has 1 unspecified atom stereocenters. The maximum atomic E-state index is 10.4. The molecule has 0 heterocycles. The van der Waals surface area contributed by atoms with Gasteiger partial charge in [-0.3, -0.25) is 0 Å². The second kappa shape index (κ2) is 13.7. The zero-order chi connectivity index (χ0) is 23.3. The number of aryl methyl sites for hydroxylation is 1. The largest absolute Gasteiger partial charge is 0.725 e. The minimum Gasteiger partial charge on any atom is -0.497 e. The number of unbranched alkanes of at least 4 members (excludes halogenated alkanes) is 2. The second-order valence-electron chi connectivity index (χ2n) is 7.49. The number of rotatable bonds is 12. The van der Waals surface area contributed by atoms with Crippen LogP contribution in [-0.4, -0.2) is 25.2 Å². The maximum absolute atomic E-state index is 10.4. The smallest absolute Gasteiger partial charge is 0.497 e.